The van der Waals surface area contributed by atoms with E-state index in [1.807, 2.05) is 43.0 Å². The molecule has 0 bridgehead atoms. The molecule has 3 aromatic rings. The van der Waals surface area contributed by atoms with Crippen LogP contribution in [0, 0.1) is 6.92 Å². The monoisotopic (exact) mass is 506 g/mol. The molecule has 2 amide bonds. The number of fused-ring (bicyclic) bond motifs is 2. The molecule has 1 unspecified atom stereocenters. The van der Waals surface area contributed by atoms with Crippen molar-refractivity contribution in [3.8, 4) is 17.2 Å². The smallest absolute Gasteiger partial charge is 0.254 e. The zero-order valence-electron chi connectivity index (χ0n) is 20.6. The fourth-order valence-corrected chi connectivity index (χ4v) is 5.60. The van der Waals surface area contributed by atoms with E-state index in [0.717, 1.165) is 24.2 Å². The molecule has 0 radical (unpaired) electrons. The first kappa shape index (κ1) is 24.2. The van der Waals surface area contributed by atoms with Crippen LogP contribution in [-0.2, 0) is 11.2 Å². The standard InChI is InChI=1S/C28H30N2O5S/c1-3-12-29(28(32)20-6-9-24-25(15-20)35-18-34-24)16-27(31)30-13-10-26-22(11-14-36-26)23(30)17-33-21-7-4-19(2)5-8-21/h4-9,11,14-15,23H,3,10,12-13,16-18H2,1-2H3. The first-order chi connectivity index (χ1) is 17.5. The Bertz CT molecular complexity index is 1240. The van der Waals surface area contributed by atoms with Gasteiger partial charge in [-0.15, -0.1) is 11.3 Å². The van der Waals surface area contributed by atoms with Gasteiger partial charge < -0.3 is 24.0 Å². The SMILES string of the molecule is CCCN(CC(=O)N1CCc2sccc2C1COc1ccc(C)cc1)C(=O)c1ccc2c(c1)OCO2. The van der Waals surface area contributed by atoms with Gasteiger partial charge in [0.2, 0.25) is 12.7 Å². The largest absolute Gasteiger partial charge is 0.491 e. The van der Waals surface area contributed by atoms with Gasteiger partial charge in [-0.05, 0) is 67.1 Å². The minimum atomic E-state index is -0.196. The molecule has 0 spiro atoms. The van der Waals surface area contributed by atoms with Gasteiger partial charge in [-0.25, -0.2) is 0 Å². The fraction of sp³-hybridized carbons (Fsp3) is 0.357. The molecule has 3 heterocycles. The lowest BCUT2D eigenvalue weighted by atomic mass is 10.00. The number of hydrogen-bond acceptors (Lipinski definition) is 6. The number of ether oxygens (including phenoxy) is 3. The zero-order valence-corrected chi connectivity index (χ0v) is 21.4. The topological polar surface area (TPSA) is 68.3 Å². The second-order valence-corrected chi connectivity index (χ2v) is 10.1. The lowest BCUT2D eigenvalue weighted by Crippen LogP contribution is -2.48. The predicted octanol–water partition coefficient (Wildman–Crippen LogP) is 4.84. The Morgan fingerprint density at radius 2 is 1.92 bits per heavy atom. The van der Waals surface area contributed by atoms with Crippen LogP contribution in [0.5, 0.6) is 17.2 Å². The van der Waals surface area contributed by atoms with Crippen LogP contribution in [0.1, 0.15) is 45.7 Å². The average molecular weight is 507 g/mol. The molecule has 2 aliphatic rings. The average Bonchev–Trinajstić information content (AvgIpc) is 3.56. The van der Waals surface area contributed by atoms with E-state index in [9.17, 15) is 9.59 Å². The Morgan fingerprint density at radius 3 is 2.72 bits per heavy atom. The predicted molar refractivity (Wildman–Crippen MR) is 138 cm³/mol. The summed E-state index contributed by atoms with van der Waals surface area (Å²) in [5, 5.41) is 2.07. The van der Waals surface area contributed by atoms with Gasteiger partial charge in [0.15, 0.2) is 11.5 Å². The summed E-state index contributed by atoms with van der Waals surface area (Å²) < 4.78 is 16.9. The number of benzene rings is 2. The van der Waals surface area contributed by atoms with E-state index in [4.69, 9.17) is 14.2 Å². The van der Waals surface area contributed by atoms with E-state index >= 15 is 0 Å². The molecular formula is C28H30N2O5S. The number of amides is 2. The van der Waals surface area contributed by atoms with E-state index in [1.165, 1.54) is 10.4 Å². The molecule has 0 saturated heterocycles. The highest BCUT2D eigenvalue weighted by atomic mass is 32.1. The van der Waals surface area contributed by atoms with Crippen LogP contribution in [-0.4, -0.2) is 54.6 Å². The maximum atomic E-state index is 13.6. The van der Waals surface area contributed by atoms with Gasteiger partial charge in [0.1, 0.15) is 18.9 Å². The van der Waals surface area contributed by atoms with Crippen molar-refractivity contribution in [3.63, 3.8) is 0 Å². The van der Waals surface area contributed by atoms with Crippen LogP contribution in [0.3, 0.4) is 0 Å². The van der Waals surface area contributed by atoms with Crippen LogP contribution >= 0.6 is 11.3 Å². The van der Waals surface area contributed by atoms with Crippen LogP contribution in [0.25, 0.3) is 0 Å². The van der Waals surface area contributed by atoms with E-state index in [1.54, 1.807) is 34.4 Å². The van der Waals surface area contributed by atoms with Gasteiger partial charge in [0.05, 0.1) is 6.04 Å². The molecular weight excluding hydrogens is 476 g/mol. The molecule has 1 aromatic heterocycles. The second kappa shape index (κ2) is 10.6. The normalized spacial score (nSPS) is 15.9. The summed E-state index contributed by atoms with van der Waals surface area (Å²) in [7, 11) is 0. The minimum Gasteiger partial charge on any atom is -0.491 e. The molecule has 2 aliphatic heterocycles. The molecule has 188 valence electrons. The highest BCUT2D eigenvalue weighted by Crippen LogP contribution is 2.35. The lowest BCUT2D eigenvalue weighted by molar-refractivity contribution is -0.135. The molecule has 0 aliphatic carbocycles. The first-order valence-corrected chi connectivity index (χ1v) is 13.2. The van der Waals surface area contributed by atoms with Gasteiger partial charge in [-0.3, -0.25) is 9.59 Å². The van der Waals surface area contributed by atoms with Gasteiger partial charge >= 0.3 is 0 Å². The summed E-state index contributed by atoms with van der Waals surface area (Å²) >= 11 is 1.72. The fourth-order valence-electron chi connectivity index (χ4n) is 4.67. The first-order valence-electron chi connectivity index (χ1n) is 12.3. The number of rotatable bonds is 8. The number of thiophene rings is 1. The van der Waals surface area contributed by atoms with Crippen molar-refractivity contribution in [2.24, 2.45) is 0 Å². The van der Waals surface area contributed by atoms with Crippen LogP contribution < -0.4 is 14.2 Å². The van der Waals surface area contributed by atoms with Crippen molar-refractivity contribution in [1.82, 2.24) is 9.80 Å². The summed E-state index contributed by atoms with van der Waals surface area (Å²) in [6, 6.07) is 15.0. The van der Waals surface area contributed by atoms with Crippen molar-refractivity contribution in [3.05, 3.63) is 75.5 Å². The Kier molecular flexibility index (Phi) is 7.13. The molecule has 7 nitrogen and oxygen atoms in total. The molecule has 5 rings (SSSR count). The Hall–Kier alpha value is -3.52. The van der Waals surface area contributed by atoms with E-state index in [2.05, 4.69) is 11.4 Å². The summed E-state index contributed by atoms with van der Waals surface area (Å²) in [5.74, 6) is 1.69. The van der Waals surface area contributed by atoms with Gasteiger partial charge in [-0.1, -0.05) is 24.6 Å². The second-order valence-electron chi connectivity index (χ2n) is 9.07. The zero-order chi connectivity index (χ0) is 25.1. The third-order valence-corrected chi connectivity index (χ3v) is 7.57. The van der Waals surface area contributed by atoms with Crippen LogP contribution in [0.4, 0.5) is 0 Å². The minimum absolute atomic E-state index is 0.0155. The van der Waals surface area contributed by atoms with Crippen LogP contribution in [0.2, 0.25) is 0 Å². The van der Waals surface area contributed by atoms with Crippen molar-refractivity contribution in [1.29, 1.82) is 0 Å². The van der Waals surface area contributed by atoms with Crippen LogP contribution in [0.15, 0.2) is 53.9 Å². The number of carbonyl (C=O) groups is 2. The summed E-state index contributed by atoms with van der Waals surface area (Å²) in [6.45, 7) is 5.66. The maximum Gasteiger partial charge on any atom is 0.254 e. The van der Waals surface area contributed by atoms with E-state index in [0.29, 0.717) is 36.8 Å². The molecule has 2 aromatic carbocycles. The molecule has 8 heteroatoms. The summed E-state index contributed by atoms with van der Waals surface area (Å²) in [5.41, 5.74) is 2.79. The van der Waals surface area contributed by atoms with Gasteiger partial charge in [0, 0.05) is 23.5 Å². The molecule has 1 atom stereocenters. The van der Waals surface area contributed by atoms with Crippen molar-refractivity contribution in [2.75, 3.05) is 33.0 Å². The van der Waals surface area contributed by atoms with Gasteiger partial charge in [0.25, 0.3) is 5.91 Å². The number of aryl methyl sites for hydroxylation is 1. The number of nitrogens with zero attached hydrogens (tertiary/aromatic N) is 2. The number of hydrogen-bond donors (Lipinski definition) is 0. The van der Waals surface area contributed by atoms with Crippen molar-refractivity contribution < 1.29 is 23.8 Å². The van der Waals surface area contributed by atoms with Gasteiger partial charge in [-0.2, -0.15) is 0 Å². The molecule has 0 fully saturated rings. The summed E-state index contributed by atoms with van der Waals surface area (Å²) in [6.07, 6.45) is 1.56. The lowest BCUT2D eigenvalue weighted by Gasteiger charge is -2.37. The number of carbonyl (C=O) groups excluding carboxylic acids is 2. The molecule has 36 heavy (non-hydrogen) atoms. The van der Waals surface area contributed by atoms with Crippen molar-refractivity contribution in [2.45, 2.75) is 32.7 Å². The quantitative estimate of drug-likeness (QED) is 0.437. The Balaban J connectivity index is 1.32. The molecule has 0 saturated carbocycles. The third kappa shape index (κ3) is 5.04. The highest BCUT2D eigenvalue weighted by molar-refractivity contribution is 7.10. The maximum absolute atomic E-state index is 13.6. The Morgan fingerprint density at radius 1 is 1.11 bits per heavy atom. The van der Waals surface area contributed by atoms with E-state index < -0.39 is 0 Å². The third-order valence-electron chi connectivity index (χ3n) is 6.57. The Labute approximate surface area is 215 Å². The highest BCUT2D eigenvalue weighted by Gasteiger charge is 2.33. The molecule has 0 N–H and O–H groups in total. The van der Waals surface area contributed by atoms with E-state index in [-0.39, 0.29) is 31.2 Å². The summed E-state index contributed by atoms with van der Waals surface area (Å²) in [4.78, 5) is 31.8. The van der Waals surface area contributed by atoms with Crippen molar-refractivity contribution >= 4 is 23.2 Å².